The summed E-state index contributed by atoms with van der Waals surface area (Å²) in [6.45, 7) is 0. The SMILES string of the molecule is O=C(c1cccnc1)N1C(=S)SC[C@@H]1Cc1ccccc1. The van der Waals surface area contributed by atoms with E-state index in [2.05, 4.69) is 17.1 Å². The lowest BCUT2D eigenvalue weighted by Crippen LogP contribution is -2.40. The van der Waals surface area contributed by atoms with Crippen molar-refractivity contribution >= 4 is 34.2 Å². The van der Waals surface area contributed by atoms with Crippen LogP contribution in [0.25, 0.3) is 0 Å². The van der Waals surface area contributed by atoms with E-state index in [4.69, 9.17) is 12.2 Å². The van der Waals surface area contributed by atoms with Gasteiger partial charge in [0, 0.05) is 18.1 Å². The van der Waals surface area contributed by atoms with Crippen LogP contribution in [0.5, 0.6) is 0 Å². The van der Waals surface area contributed by atoms with E-state index in [0.29, 0.717) is 9.88 Å². The van der Waals surface area contributed by atoms with E-state index in [1.807, 2.05) is 18.2 Å². The number of carbonyl (C=O) groups is 1. The first-order valence-electron chi connectivity index (χ1n) is 6.70. The predicted octanol–water partition coefficient (Wildman–Crippen LogP) is 3.17. The van der Waals surface area contributed by atoms with Crippen molar-refractivity contribution in [3.63, 3.8) is 0 Å². The van der Waals surface area contributed by atoms with Gasteiger partial charge in [0.05, 0.1) is 11.6 Å². The van der Waals surface area contributed by atoms with Crippen LogP contribution in [0.4, 0.5) is 0 Å². The van der Waals surface area contributed by atoms with Gasteiger partial charge in [-0.05, 0) is 24.1 Å². The van der Waals surface area contributed by atoms with Crippen LogP contribution < -0.4 is 0 Å². The number of amides is 1. The summed E-state index contributed by atoms with van der Waals surface area (Å²) < 4.78 is 0.657. The Hall–Kier alpha value is -1.72. The van der Waals surface area contributed by atoms with E-state index >= 15 is 0 Å². The smallest absolute Gasteiger partial charge is 0.261 e. The molecule has 0 saturated carbocycles. The van der Waals surface area contributed by atoms with Gasteiger partial charge in [0.1, 0.15) is 4.32 Å². The average molecular weight is 314 g/mol. The molecule has 1 fully saturated rings. The van der Waals surface area contributed by atoms with Crippen molar-refractivity contribution < 1.29 is 4.79 Å². The van der Waals surface area contributed by atoms with Crippen molar-refractivity contribution in [2.24, 2.45) is 0 Å². The highest BCUT2D eigenvalue weighted by atomic mass is 32.2. The summed E-state index contributed by atoms with van der Waals surface area (Å²) in [5, 5.41) is 0. The first-order chi connectivity index (χ1) is 10.3. The first-order valence-corrected chi connectivity index (χ1v) is 8.09. The lowest BCUT2D eigenvalue weighted by atomic mass is 10.1. The summed E-state index contributed by atoms with van der Waals surface area (Å²) in [7, 11) is 0. The fourth-order valence-corrected chi connectivity index (χ4v) is 3.78. The van der Waals surface area contributed by atoms with Gasteiger partial charge in [-0.2, -0.15) is 0 Å². The molecule has 5 heteroatoms. The van der Waals surface area contributed by atoms with E-state index in [1.165, 1.54) is 5.56 Å². The molecule has 0 radical (unpaired) electrons. The number of aromatic nitrogens is 1. The Bertz CT molecular complexity index is 646. The second-order valence-electron chi connectivity index (χ2n) is 4.84. The summed E-state index contributed by atoms with van der Waals surface area (Å²) in [6, 6.07) is 13.9. The van der Waals surface area contributed by atoms with Gasteiger partial charge in [-0.15, -0.1) is 0 Å². The van der Waals surface area contributed by atoms with Crippen molar-refractivity contribution in [1.29, 1.82) is 0 Å². The minimum Gasteiger partial charge on any atom is -0.289 e. The lowest BCUT2D eigenvalue weighted by Gasteiger charge is -2.23. The van der Waals surface area contributed by atoms with Gasteiger partial charge < -0.3 is 0 Å². The van der Waals surface area contributed by atoms with E-state index in [1.54, 1.807) is 41.2 Å². The van der Waals surface area contributed by atoms with Crippen molar-refractivity contribution in [3.8, 4) is 0 Å². The zero-order chi connectivity index (χ0) is 14.7. The van der Waals surface area contributed by atoms with Crippen LogP contribution in [-0.4, -0.2) is 31.9 Å². The van der Waals surface area contributed by atoms with Gasteiger partial charge in [-0.25, -0.2) is 0 Å². The van der Waals surface area contributed by atoms with Gasteiger partial charge in [-0.3, -0.25) is 14.7 Å². The molecule has 3 nitrogen and oxygen atoms in total. The summed E-state index contributed by atoms with van der Waals surface area (Å²) in [6.07, 6.45) is 4.07. The number of thiocarbonyl (C=S) groups is 1. The molecule has 1 amide bonds. The maximum Gasteiger partial charge on any atom is 0.261 e. The third-order valence-corrected chi connectivity index (χ3v) is 4.95. The minimum absolute atomic E-state index is 0.0565. The average Bonchev–Trinajstić information content (AvgIpc) is 2.89. The lowest BCUT2D eigenvalue weighted by molar-refractivity contribution is 0.0823. The zero-order valence-electron chi connectivity index (χ0n) is 11.3. The standard InChI is InChI=1S/C16H14N2OS2/c19-15(13-7-4-8-17-10-13)18-14(11-21-16(18)20)9-12-5-2-1-3-6-12/h1-8,10,14H,9,11H2/t14-/m0/s1. The molecule has 1 aliphatic rings. The number of hydrogen-bond acceptors (Lipinski definition) is 4. The third kappa shape index (κ3) is 3.14. The Morgan fingerprint density at radius 1 is 1.29 bits per heavy atom. The van der Waals surface area contributed by atoms with Crippen LogP contribution in [0.1, 0.15) is 15.9 Å². The number of benzene rings is 1. The molecule has 0 unspecified atom stereocenters. The van der Waals surface area contributed by atoms with E-state index in [0.717, 1.165) is 12.2 Å². The topological polar surface area (TPSA) is 33.2 Å². The highest BCUT2D eigenvalue weighted by Crippen LogP contribution is 2.28. The highest BCUT2D eigenvalue weighted by Gasteiger charge is 2.34. The van der Waals surface area contributed by atoms with Crippen LogP contribution in [0.2, 0.25) is 0 Å². The summed E-state index contributed by atoms with van der Waals surface area (Å²) in [5.41, 5.74) is 1.80. The first kappa shape index (κ1) is 14.2. The Morgan fingerprint density at radius 3 is 2.81 bits per heavy atom. The fraction of sp³-hybridized carbons (Fsp3) is 0.188. The monoisotopic (exact) mass is 314 g/mol. The van der Waals surface area contributed by atoms with Gasteiger partial charge in [0.25, 0.3) is 5.91 Å². The molecule has 1 aliphatic heterocycles. The van der Waals surface area contributed by atoms with Crippen LogP contribution in [-0.2, 0) is 6.42 Å². The molecule has 1 saturated heterocycles. The fourth-order valence-electron chi connectivity index (χ4n) is 2.37. The van der Waals surface area contributed by atoms with Crippen molar-refractivity contribution in [1.82, 2.24) is 9.88 Å². The van der Waals surface area contributed by atoms with Crippen LogP contribution in [0.3, 0.4) is 0 Å². The zero-order valence-corrected chi connectivity index (χ0v) is 12.9. The van der Waals surface area contributed by atoms with Crippen molar-refractivity contribution in [2.75, 3.05) is 5.75 Å². The Kier molecular flexibility index (Phi) is 4.31. The second-order valence-corrected chi connectivity index (χ2v) is 6.49. The van der Waals surface area contributed by atoms with E-state index < -0.39 is 0 Å². The molecule has 106 valence electrons. The number of rotatable bonds is 3. The second kappa shape index (κ2) is 6.37. The summed E-state index contributed by atoms with van der Waals surface area (Å²) in [5.74, 6) is 0.791. The van der Waals surface area contributed by atoms with Crippen molar-refractivity contribution in [3.05, 3.63) is 66.0 Å². The van der Waals surface area contributed by atoms with Gasteiger partial charge in [0.15, 0.2) is 0 Å². The Labute approximate surface area is 133 Å². The number of thioether (sulfide) groups is 1. The Balaban J connectivity index is 1.81. The molecule has 0 aliphatic carbocycles. The number of nitrogens with zero attached hydrogens (tertiary/aromatic N) is 2. The van der Waals surface area contributed by atoms with Gasteiger partial charge in [0.2, 0.25) is 0 Å². The predicted molar refractivity (Wildman–Crippen MR) is 89.4 cm³/mol. The molecule has 3 rings (SSSR count). The molecular formula is C16H14N2OS2. The van der Waals surface area contributed by atoms with E-state index in [-0.39, 0.29) is 11.9 Å². The number of hydrogen-bond donors (Lipinski definition) is 0. The molecule has 1 aromatic carbocycles. The van der Waals surface area contributed by atoms with Crippen LogP contribution >= 0.6 is 24.0 Å². The van der Waals surface area contributed by atoms with Gasteiger partial charge in [-0.1, -0.05) is 54.3 Å². The molecule has 21 heavy (non-hydrogen) atoms. The summed E-state index contributed by atoms with van der Waals surface area (Å²) >= 11 is 6.93. The maximum atomic E-state index is 12.6. The number of pyridine rings is 1. The van der Waals surface area contributed by atoms with Crippen LogP contribution in [0.15, 0.2) is 54.9 Å². The molecule has 2 heterocycles. The summed E-state index contributed by atoms with van der Waals surface area (Å²) in [4.78, 5) is 18.4. The van der Waals surface area contributed by atoms with Crippen molar-refractivity contribution in [2.45, 2.75) is 12.5 Å². The quantitative estimate of drug-likeness (QED) is 0.815. The third-order valence-electron chi connectivity index (χ3n) is 3.40. The highest BCUT2D eigenvalue weighted by molar-refractivity contribution is 8.23. The molecule has 1 aromatic heterocycles. The number of carbonyl (C=O) groups excluding carboxylic acids is 1. The molecule has 0 bridgehead atoms. The van der Waals surface area contributed by atoms with E-state index in [9.17, 15) is 4.79 Å². The Morgan fingerprint density at radius 2 is 2.10 bits per heavy atom. The maximum absolute atomic E-state index is 12.6. The molecule has 0 N–H and O–H groups in total. The molecule has 0 spiro atoms. The molecule has 1 atom stereocenters. The normalized spacial score (nSPS) is 18.0. The largest absolute Gasteiger partial charge is 0.289 e. The molecular weight excluding hydrogens is 300 g/mol. The van der Waals surface area contributed by atoms with Gasteiger partial charge >= 0.3 is 0 Å². The van der Waals surface area contributed by atoms with Crippen LogP contribution in [0, 0.1) is 0 Å². The molecule has 2 aromatic rings. The minimum atomic E-state index is -0.0565.